The minimum Gasteiger partial charge on any atom is -0.351 e. The van der Waals surface area contributed by atoms with Crippen molar-refractivity contribution in [1.82, 2.24) is 20.1 Å². The van der Waals surface area contributed by atoms with Crippen LogP contribution in [0.3, 0.4) is 0 Å². The summed E-state index contributed by atoms with van der Waals surface area (Å²) in [5.74, 6) is 0.117. The molecule has 6 nitrogen and oxygen atoms in total. The average Bonchev–Trinajstić information content (AvgIpc) is 3.41. The van der Waals surface area contributed by atoms with Crippen LogP contribution >= 0.6 is 22.7 Å². The molecule has 8 heteroatoms. The van der Waals surface area contributed by atoms with E-state index in [1.54, 1.807) is 17.4 Å². The van der Waals surface area contributed by atoms with Crippen molar-refractivity contribution in [3.05, 3.63) is 51.7 Å². The summed E-state index contributed by atoms with van der Waals surface area (Å²) in [4.78, 5) is 34.0. The summed E-state index contributed by atoms with van der Waals surface area (Å²) >= 11 is 3.17. The smallest absolute Gasteiger partial charge is 0.261 e. The largest absolute Gasteiger partial charge is 0.351 e. The zero-order chi connectivity index (χ0) is 20.1. The molecule has 0 unspecified atom stereocenters. The van der Waals surface area contributed by atoms with Crippen LogP contribution in [0.2, 0.25) is 0 Å². The lowest BCUT2D eigenvalue weighted by atomic mass is 10.2. The molecule has 0 bridgehead atoms. The highest BCUT2D eigenvalue weighted by molar-refractivity contribution is 7.18. The Bertz CT molecular complexity index is 929. The van der Waals surface area contributed by atoms with Crippen molar-refractivity contribution in [2.45, 2.75) is 19.4 Å². The lowest BCUT2D eigenvalue weighted by molar-refractivity contribution is -0.133. The topological polar surface area (TPSA) is 65.5 Å². The van der Waals surface area contributed by atoms with E-state index in [1.165, 1.54) is 16.0 Å². The van der Waals surface area contributed by atoms with Crippen LogP contribution in [0.5, 0.6) is 0 Å². The third kappa shape index (κ3) is 5.20. The zero-order valence-electron chi connectivity index (χ0n) is 16.2. The highest BCUT2D eigenvalue weighted by Gasteiger charge is 2.21. The highest BCUT2D eigenvalue weighted by atomic mass is 32.1. The Labute approximate surface area is 178 Å². The van der Waals surface area contributed by atoms with Crippen LogP contribution < -0.4 is 5.32 Å². The molecule has 1 aromatic carbocycles. The summed E-state index contributed by atoms with van der Waals surface area (Å²) in [6.07, 6.45) is 1.14. The molecule has 0 saturated carbocycles. The van der Waals surface area contributed by atoms with Gasteiger partial charge in [-0.3, -0.25) is 14.5 Å². The first-order valence-corrected chi connectivity index (χ1v) is 11.5. The van der Waals surface area contributed by atoms with Gasteiger partial charge in [0, 0.05) is 39.1 Å². The average molecular weight is 429 g/mol. The molecule has 0 aliphatic carbocycles. The van der Waals surface area contributed by atoms with Gasteiger partial charge in [-0.05, 0) is 30.0 Å². The Hall–Kier alpha value is -2.29. The molecule has 0 radical (unpaired) electrons. The number of piperazine rings is 1. The summed E-state index contributed by atoms with van der Waals surface area (Å²) in [6, 6.07) is 11.9. The van der Waals surface area contributed by atoms with Gasteiger partial charge >= 0.3 is 0 Å². The van der Waals surface area contributed by atoms with Gasteiger partial charge in [0.1, 0.15) is 5.01 Å². The molecule has 0 atom stereocenters. The second kappa shape index (κ2) is 9.47. The standard InChI is InChI=1S/C21H24N4O2S2/c26-20(8-3-9-22-21(27)18-7-4-14-28-18)25-12-10-24(11-13-25)15-19-23-16-5-1-2-6-17(16)29-19/h1-2,4-7,14H,3,8-13,15H2,(H,22,27). The van der Waals surface area contributed by atoms with E-state index in [-0.39, 0.29) is 11.8 Å². The molecule has 1 fully saturated rings. The molecule has 1 aliphatic heterocycles. The number of thiazole rings is 1. The molecular weight excluding hydrogens is 404 g/mol. The minimum absolute atomic E-state index is 0.0593. The summed E-state index contributed by atoms with van der Waals surface area (Å²) in [6.45, 7) is 4.63. The van der Waals surface area contributed by atoms with Crippen molar-refractivity contribution >= 4 is 44.7 Å². The molecule has 1 saturated heterocycles. The summed E-state index contributed by atoms with van der Waals surface area (Å²) in [5.41, 5.74) is 1.06. The van der Waals surface area contributed by atoms with E-state index in [0.717, 1.165) is 43.2 Å². The Morgan fingerprint density at radius 1 is 1.07 bits per heavy atom. The number of fused-ring (bicyclic) bond motifs is 1. The fourth-order valence-electron chi connectivity index (χ4n) is 3.43. The number of hydrogen-bond acceptors (Lipinski definition) is 6. The van der Waals surface area contributed by atoms with Crippen LogP contribution in [0.25, 0.3) is 10.2 Å². The normalized spacial score (nSPS) is 15.0. The van der Waals surface area contributed by atoms with Crippen LogP contribution in [0.4, 0.5) is 0 Å². The lowest BCUT2D eigenvalue weighted by Crippen LogP contribution is -2.48. The maximum absolute atomic E-state index is 12.4. The van der Waals surface area contributed by atoms with Gasteiger partial charge in [0.2, 0.25) is 5.91 Å². The lowest BCUT2D eigenvalue weighted by Gasteiger charge is -2.34. The van der Waals surface area contributed by atoms with Crippen molar-refractivity contribution < 1.29 is 9.59 Å². The Balaban J connectivity index is 1.16. The van der Waals surface area contributed by atoms with Gasteiger partial charge in [-0.25, -0.2) is 4.98 Å². The van der Waals surface area contributed by atoms with Gasteiger partial charge in [-0.15, -0.1) is 22.7 Å². The number of benzene rings is 1. The Kier molecular flexibility index (Phi) is 6.53. The molecule has 0 spiro atoms. The Morgan fingerprint density at radius 2 is 1.90 bits per heavy atom. The molecule has 1 aliphatic rings. The van der Waals surface area contributed by atoms with Crippen LogP contribution in [-0.4, -0.2) is 59.3 Å². The third-order valence-corrected chi connectivity index (χ3v) is 6.91. The quantitative estimate of drug-likeness (QED) is 0.587. The van der Waals surface area contributed by atoms with E-state index in [9.17, 15) is 9.59 Å². The summed E-state index contributed by atoms with van der Waals surface area (Å²) in [7, 11) is 0. The molecule has 152 valence electrons. The summed E-state index contributed by atoms with van der Waals surface area (Å²) in [5, 5.41) is 5.89. The van der Waals surface area contributed by atoms with Crippen molar-refractivity contribution in [2.75, 3.05) is 32.7 Å². The van der Waals surface area contributed by atoms with E-state index in [1.807, 2.05) is 28.5 Å². The van der Waals surface area contributed by atoms with Gasteiger partial charge in [0.25, 0.3) is 5.91 Å². The second-order valence-electron chi connectivity index (χ2n) is 7.07. The van der Waals surface area contributed by atoms with Crippen molar-refractivity contribution in [2.24, 2.45) is 0 Å². The highest BCUT2D eigenvalue weighted by Crippen LogP contribution is 2.23. The fourth-order valence-corrected chi connectivity index (χ4v) is 5.08. The number of nitrogens with zero attached hydrogens (tertiary/aromatic N) is 3. The fraction of sp³-hybridized carbons (Fsp3) is 0.381. The maximum Gasteiger partial charge on any atom is 0.261 e. The molecule has 3 heterocycles. The number of rotatable bonds is 7. The van der Waals surface area contributed by atoms with Gasteiger partial charge in [0.05, 0.1) is 21.6 Å². The third-order valence-electron chi connectivity index (χ3n) is 5.02. The van der Waals surface area contributed by atoms with Crippen LogP contribution in [-0.2, 0) is 11.3 Å². The first-order valence-electron chi connectivity index (χ1n) is 9.85. The van der Waals surface area contributed by atoms with Crippen molar-refractivity contribution in [1.29, 1.82) is 0 Å². The Morgan fingerprint density at radius 3 is 2.66 bits per heavy atom. The number of carbonyl (C=O) groups excluding carboxylic acids is 2. The van der Waals surface area contributed by atoms with Gasteiger partial charge in [-0.1, -0.05) is 18.2 Å². The van der Waals surface area contributed by atoms with E-state index < -0.39 is 0 Å². The first-order chi connectivity index (χ1) is 14.2. The van der Waals surface area contributed by atoms with Crippen molar-refractivity contribution in [3.63, 3.8) is 0 Å². The number of amides is 2. The van der Waals surface area contributed by atoms with Crippen LogP contribution in [0, 0.1) is 0 Å². The molecule has 3 aromatic rings. The predicted molar refractivity (Wildman–Crippen MR) is 117 cm³/mol. The molecule has 4 rings (SSSR count). The van der Waals surface area contributed by atoms with Crippen LogP contribution in [0.15, 0.2) is 41.8 Å². The van der Waals surface area contributed by atoms with E-state index in [0.29, 0.717) is 24.3 Å². The van der Waals surface area contributed by atoms with E-state index >= 15 is 0 Å². The predicted octanol–water partition coefficient (Wildman–Crippen LogP) is 3.21. The maximum atomic E-state index is 12.4. The monoisotopic (exact) mass is 428 g/mol. The molecule has 1 N–H and O–H groups in total. The second-order valence-corrected chi connectivity index (χ2v) is 9.13. The van der Waals surface area contributed by atoms with Crippen LogP contribution in [0.1, 0.15) is 27.5 Å². The van der Waals surface area contributed by atoms with Gasteiger partial charge < -0.3 is 10.2 Å². The summed E-state index contributed by atoms with van der Waals surface area (Å²) < 4.78 is 1.22. The van der Waals surface area contributed by atoms with Gasteiger partial charge in [0.15, 0.2) is 0 Å². The zero-order valence-corrected chi connectivity index (χ0v) is 17.8. The van der Waals surface area contributed by atoms with Gasteiger partial charge in [-0.2, -0.15) is 0 Å². The SMILES string of the molecule is O=C(NCCCC(=O)N1CCN(Cc2nc3ccccc3s2)CC1)c1cccs1. The number of thiophene rings is 1. The molecule has 2 amide bonds. The van der Waals surface area contributed by atoms with Crippen molar-refractivity contribution in [3.8, 4) is 0 Å². The number of para-hydroxylation sites is 1. The van der Waals surface area contributed by atoms with E-state index in [4.69, 9.17) is 4.98 Å². The first kappa shape index (κ1) is 20.0. The molecule has 2 aromatic heterocycles. The number of nitrogens with one attached hydrogen (secondary N) is 1. The number of aromatic nitrogens is 1. The van der Waals surface area contributed by atoms with E-state index in [2.05, 4.69) is 22.3 Å². The molecule has 29 heavy (non-hydrogen) atoms. The number of carbonyl (C=O) groups is 2. The number of hydrogen-bond donors (Lipinski definition) is 1. The molecular formula is C21H24N4O2S2. The minimum atomic E-state index is -0.0593.